The molecule has 150 valence electrons. The summed E-state index contributed by atoms with van der Waals surface area (Å²) in [5.74, 6) is 2.60. The SMILES string of the molecule is COc1ccc(COc2cc(C=O)cc(Br)c2OCc2ccc(OC)cc2)cc1. The maximum absolute atomic E-state index is 11.3. The van der Waals surface area contributed by atoms with Gasteiger partial charge in [0.05, 0.1) is 18.7 Å². The zero-order chi connectivity index (χ0) is 20.6. The Kier molecular flexibility index (Phi) is 7.14. The van der Waals surface area contributed by atoms with Gasteiger partial charge in [0.25, 0.3) is 0 Å². The Morgan fingerprint density at radius 3 is 1.79 bits per heavy atom. The first-order valence-electron chi connectivity index (χ1n) is 8.93. The monoisotopic (exact) mass is 456 g/mol. The van der Waals surface area contributed by atoms with Crippen molar-refractivity contribution in [3.05, 3.63) is 81.8 Å². The number of aldehydes is 1. The van der Waals surface area contributed by atoms with Gasteiger partial charge in [0.15, 0.2) is 11.5 Å². The van der Waals surface area contributed by atoms with Gasteiger partial charge in [-0.25, -0.2) is 0 Å². The lowest BCUT2D eigenvalue weighted by Gasteiger charge is -2.15. The molecule has 0 saturated carbocycles. The molecule has 0 aliphatic heterocycles. The molecule has 0 heterocycles. The maximum atomic E-state index is 11.3. The van der Waals surface area contributed by atoms with E-state index in [1.165, 1.54) is 0 Å². The minimum absolute atomic E-state index is 0.331. The second-order valence-electron chi connectivity index (χ2n) is 6.22. The number of hydrogen-bond acceptors (Lipinski definition) is 5. The van der Waals surface area contributed by atoms with E-state index in [0.29, 0.717) is 34.7 Å². The molecular formula is C23H21BrO5. The molecule has 0 saturated heterocycles. The number of benzene rings is 3. The van der Waals surface area contributed by atoms with Crippen LogP contribution in [0.4, 0.5) is 0 Å². The zero-order valence-electron chi connectivity index (χ0n) is 16.2. The number of carbonyl (C=O) groups excluding carboxylic acids is 1. The molecule has 0 amide bonds. The third-order valence-corrected chi connectivity index (χ3v) is 4.85. The zero-order valence-corrected chi connectivity index (χ0v) is 17.8. The van der Waals surface area contributed by atoms with Gasteiger partial charge in [-0.15, -0.1) is 0 Å². The van der Waals surface area contributed by atoms with Crippen molar-refractivity contribution >= 4 is 22.2 Å². The van der Waals surface area contributed by atoms with Gasteiger partial charge in [0, 0.05) is 5.56 Å². The number of hydrogen-bond donors (Lipinski definition) is 0. The highest BCUT2D eigenvalue weighted by molar-refractivity contribution is 9.10. The molecule has 3 aromatic carbocycles. The van der Waals surface area contributed by atoms with Crippen LogP contribution in [0.15, 0.2) is 65.1 Å². The highest BCUT2D eigenvalue weighted by Gasteiger charge is 2.13. The first kappa shape index (κ1) is 20.7. The molecule has 0 bridgehead atoms. The van der Waals surface area contributed by atoms with Crippen LogP contribution in [0, 0.1) is 0 Å². The van der Waals surface area contributed by atoms with Crippen molar-refractivity contribution in [2.24, 2.45) is 0 Å². The van der Waals surface area contributed by atoms with Gasteiger partial charge < -0.3 is 18.9 Å². The summed E-state index contributed by atoms with van der Waals surface area (Å²) in [5, 5.41) is 0. The van der Waals surface area contributed by atoms with E-state index in [2.05, 4.69) is 15.9 Å². The van der Waals surface area contributed by atoms with Crippen LogP contribution in [0.1, 0.15) is 21.5 Å². The predicted octanol–water partition coefficient (Wildman–Crippen LogP) is 5.44. The maximum Gasteiger partial charge on any atom is 0.175 e. The molecule has 0 fully saturated rings. The van der Waals surface area contributed by atoms with Crippen LogP contribution in [-0.2, 0) is 13.2 Å². The second kappa shape index (κ2) is 9.98. The third kappa shape index (κ3) is 5.51. The van der Waals surface area contributed by atoms with Gasteiger partial charge >= 0.3 is 0 Å². The van der Waals surface area contributed by atoms with Crippen LogP contribution in [0.5, 0.6) is 23.0 Å². The molecule has 0 spiro atoms. The van der Waals surface area contributed by atoms with Crippen LogP contribution in [0.2, 0.25) is 0 Å². The van der Waals surface area contributed by atoms with Gasteiger partial charge in [0.2, 0.25) is 0 Å². The van der Waals surface area contributed by atoms with E-state index in [1.54, 1.807) is 26.4 Å². The molecule has 3 rings (SSSR count). The molecule has 0 unspecified atom stereocenters. The fourth-order valence-electron chi connectivity index (χ4n) is 2.66. The Morgan fingerprint density at radius 1 is 0.793 bits per heavy atom. The molecular weight excluding hydrogens is 436 g/mol. The quantitative estimate of drug-likeness (QED) is 0.401. The molecule has 0 aromatic heterocycles. The second-order valence-corrected chi connectivity index (χ2v) is 7.08. The Labute approximate surface area is 178 Å². The van der Waals surface area contributed by atoms with Crippen molar-refractivity contribution in [2.45, 2.75) is 13.2 Å². The average Bonchev–Trinajstić information content (AvgIpc) is 2.77. The van der Waals surface area contributed by atoms with Crippen molar-refractivity contribution in [1.29, 1.82) is 0 Å². The average molecular weight is 457 g/mol. The number of ether oxygens (including phenoxy) is 4. The molecule has 0 radical (unpaired) electrons. The van der Waals surface area contributed by atoms with E-state index < -0.39 is 0 Å². The first-order chi connectivity index (χ1) is 14.1. The van der Waals surface area contributed by atoms with Gasteiger partial charge in [-0.05, 0) is 63.5 Å². The minimum Gasteiger partial charge on any atom is -0.497 e. The Hall–Kier alpha value is -2.99. The molecule has 6 heteroatoms. The summed E-state index contributed by atoms with van der Waals surface area (Å²) in [6, 6.07) is 18.6. The van der Waals surface area contributed by atoms with E-state index in [1.807, 2.05) is 48.5 Å². The summed E-state index contributed by atoms with van der Waals surface area (Å²) < 4.78 is 23.0. The standard InChI is InChI=1S/C23H21BrO5/c1-26-19-7-3-16(4-8-19)14-28-22-12-18(13-25)11-21(24)23(22)29-15-17-5-9-20(27-2)10-6-17/h3-13H,14-15H2,1-2H3. The van der Waals surface area contributed by atoms with Crippen molar-refractivity contribution in [3.8, 4) is 23.0 Å². The summed E-state index contributed by atoms with van der Waals surface area (Å²) >= 11 is 3.48. The number of rotatable bonds is 9. The molecule has 0 N–H and O–H groups in total. The van der Waals surface area contributed by atoms with Gasteiger partial charge in [-0.1, -0.05) is 24.3 Å². The normalized spacial score (nSPS) is 10.3. The highest BCUT2D eigenvalue weighted by atomic mass is 79.9. The molecule has 29 heavy (non-hydrogen) atoms. The summed E-state index contributed by atoms with van der Waals surface area (Å²) in [7, 11) is 3.25. The minimum atomic E-state index is 0.331. The van der Waals surface area contributed by atoms with Gasteiger partial charge in [0.1, 0.15) is 31.0 Å². The number of halogens is 1. The third-order valence-electron chi connectivity index (χ3n) is 4.26. The van der Waals surface area contributed by atoms with Crippen molar-refractivity contribution in [2.75, 3.05) is 14.2 Å². The number of carbonyl (C=O) groups is 1. The fraction of sp³-hybridized carbons (Fsp3) is 0.174. The summed E-state index contributed by atoms with van der Waals surface area (Å²) in [6.45, 7) is 0.680. The molecule has 0 aliphatic carbocycles. The Balaban J connectivity index is 1.76. The van der Waals surface area contributed by atoms with Crippen LogP contribution in [0.25, 0.3) is 0 Å². The van der Waals surface area contributed by atoms with Crippen LogP contribution >= 0.6 is 15.9 Å². The molecule has 0 aliphatic rings. The van der Waals surface area contributed by atoms with E-state index in [-0.39, 0.29) is 0 Å². The molecule has 5 nitrogen and oxygen atoms in total. The van der Waals surface area contributed by atoms with Crippen molar-refractivity contribution in [3.63, 3.8) is 0 Å². The molecule has 3 aromatic rings. The van der Waals surface area contributed by atoms with Crippen LogP contribution in [0.3, 0.4) is 0 Å². The predicted molar refractivity (Wildman–Crippen MR) is 114 cm³/mol. The molecule has 0 atom stereocenters. The Bertz CT molecular complexity index is 952. The highest BCUT2D eigenvalue weighted by Crippen LogP contribution is 2.37. The smallest absolute Gasteiger partial charge is 0.175 e. The van der Waals surface area contributed by atoms with Crippen molar-refractivity contribution < 1.29 is 23.7 Å². The lowest BCUT2D eigenvalue weighted by Crippen LogP contribution is -2.02. The topological polar surface area (TPSA) is 54.0 Å². The van der Waals surface area contributed by atoms with E-state index in [4.69, 9.17) is 18.9 Å². The van der Waals surface area contributed by atoms with Crippen LogP contribution in [-0.4, -0.2) is 20.5 Å². The van der Waals surface area contributed by atoms with Crippen molar-refractivity contribution in [1.82, 2.24) is 0 Å². The van der Waals surface area contributed by atoms with Gasteiger partial charge in [-0.2, -0.15) is 0 Å². The van der Waals surface area contributed by atoms with Gasteiger partial charge in [-0.3, -0.25) is 4.79 Å². The summed E-state index contributed by atoms with van der Waals surface area (Å²) in [6.07, 6.45) is 0.776. The lowest BCUT2D eigenvalue weighted by atomic mass is 10.2. The van der Waals surface area contributed by atoms with Crippen LogP contribution < -0.4 is 18.9 Å². The Morgan fingerprint density at radius 2 is 1.31 bits per heavy atom. The summed E-state index contributed by atoms with van der Waals surface area (Å²) in [5.41, 5.74) is 2.45. The first-order valence-corrected chi connectivity index (χ1v) is 9.72. The lowest BCUT2D eigenvalue weighted by molar-refractivity contribution is 0.112. The fourth-order valence-corrected chi connectivity index (χ4v) is 3.24. The summed E-state index contributed by atoms with van der Waals surface area (Å²) in [4.78, 5) is 11.3. The van der Waals surface area contributed by atoms with E-state index in [0.717, 1.165) is 28.9 Å². The largest absolute Gasteiger partial charge is 0.497 e. The number of methoxy groups -OCH3 is 2. The van der Waals surface area contributed by atoms with E-state index in [9.17, 15) is 4.79 Å². The van der Waals surface area contributed by atoms with E-state index >= 15 is 0 Å².